The maximum atomic E-state index is 5.56. The molecule has 118 valence electrons. The van der Waals surface area contributed by atoms with Gasteiger partial charge in [-0.2, -0.15) is 4.98 Å². The van der Waals surface area contributed by atoms with Gasteiger partial charge < -0.3 is 8.94 Å². The van der Waals surface area contributed by atoms with Crippen molar-refractivity contribution in [1.29, 1.82) is 0 Å². The molecule has 22 heavy (non-hydrogen) atoms. The van der Waals surface area contributed by atoms with E-state index in [1.54, 1.807) is 0 Å². The number of fused-ring (bicyclic) bond motifs is 1. The highest BCUT2D eigenvalue weighted by atomic mass is 16.5. The molecule has 4 rings (SSSR count). The van der Waals surface area contributed by atoms with E-state index in [2.05, 4.69) is 20.0 Å². The summed E-state index contributed by atoms with van der Waals surface area (Å²) in [6, 6.07) is 0. The van der Waals surface area contributed by atoms with Gasteiger partial charge in [0.05, 0.1) is 11.1 Å². The van der Waals surface area contributed by atoms with Crippen molar-refractivity contribution in [3.63, 3.8) is 0 Å². The number of hydrogen-bond acceptors (Lipinski definition) is 6. The molecule has 0 radical (unpaired) electrons. The fraction of sp³-hybridized carbons (Fsp3) is 0.688. The molecule has 2 fully saturated rings. The fourth-order valence-electron chi connectivity index (χ4n) is 4.29. The van der Waals surface area contributed by atoms with E-state index in [1.807, 2.05) is 20.8 Å². The van der Waals surface area contributed by atoms with Crippen LogP contribution in [0.5, 0.6) is 0 Å². The van der Waals surface area contributed by atoms with Gasteiger partial charge in [0.25, 0.3) is 0 Å². The van der Waals surface area contributed by atoms with E-state index in [0.717, 1.165) is 55.1 Å². The first-order valence-corrected chi connectivity index (χ1v) is 8.03. The average Bonchev–Trinajstić information content (AvgIpc) is 3.15. The second-order valence-electron chi connectivity index (χ2n) is 6.80. The predicted octanol–water partition coefficient (Wildman–Crippen LogP) is 2.54. The van der Waals surface area contributed by atoms with Gasteiger partial charge in [0.15, 0.2) is 11.7 Å². The molecule has 1 saturated carbocycles. The summed E-state index contributed by atoms with van der Waals surface area (Å²) in [5.41, 5.74) is 1.10. The lowest BCUT2D eigenvalue weighted by atomic mass is 9.80. The minimum Gasteiger partial charge on any atom is -0.446 e. The molecule has 2 atom stereocenters. The molecule has 0 unspecified atom stereocenters. The van der Waals surface area contributed by atoms with E-state index in [9.17, 15) is 0 Å². The van der Waals surface area contributed by atoms with Crippen LogP contribution in [0.1, 0.15) is 48.3 Å². The van der Waals surface area contributed by atoms with Gasteiger partial charge in [-0.15, -0.1) is 0 Å². The van der Waals surface area contributed by atoms with Crippen LogP contribution < -0.4 is 0 Å². The van der Waals surface area contributed by atoms with Crippen LogP contribution in [0.3, 0.4) is 0 Å². The van der Waals surface area contributed by atoms with Crippen molar-refractivity contribution in [3.8, 4) is 0 Å². The predicted molar refractivity (Wildman–Crippen MR) is 79.3 cm³/mol. The number of aryl methyl sites for hydroxylation is 3. The van der Waals surface area contributed by atoms with Crippen molar-refractivity contribution in [2.75, 3.05) is 13.1 Å². The normalized spacial score (nSPS) is 28.4. The molecular formula is C16H22N4O2. The van der Waals surface area contributed by atoms with E-state index >= 15 is 0 Å². The molecule has 6 heteroatoms. The molecule has 2 aromatic rings. The van der Waals surface area contributed by atoms with Crippen molar-refractivity contribution < 1.29 is 8.94 Å². The molecule has 1 aliphatic heterocycles. The molecule has 1 aliphatic carbocycles. The van der Waals surface area contributed by atoms with Crippen LogP contribution >= 0.6 is 0 Å². The zero-order valence-corrected chi connectivity index (χ0v) is 13.4. The fourth-order valence-corrected chi connectivity index (χ4v) is 4.29. The second kappa shape index (κ2) is 4.91. The zero-order chi connectivity index (χ0) is 15.3. The third-order valence-corrected chi connectivity index (χ3v) is 5.27. The molecule has 2 aromatic heterocycles. The van der Waals surface area contributed by atoms with E-state index in [1.165, 1.54) is 12.8 Å². The molecule has 0 amide bonds. The molecule has 0 spiro atoms. The summed E-state index contributed by atoms with van der Waals surface area (Å²) in [7, 11) is 0. The Morgan fingerprint density at radius 2 is 2.14 bits per heavy atom. The summed E-state index contributed by atoms with van der Waals surface area (Å²) < 4.78 is 11.1. The topological polar surface area (TPSA) is 68.2 Å². The number of nitrogens with zero attached hydrogens (tertiary/aromatic N) is 4. The van der Waals surface area contributed by atoms with Gasteiger partial charge in [-0.05, 0) is 32.6 Å². The summed E-state index contributed by atoms with van der Waals surface area (Å²) in [6.45, 7) is 8.68. The standard InChI is InChI=1S/C16H22N4O2/c1-10-14(18-12(3)21-10)8-20-7-13-5-4-6-16(13,9-20)15-17-11(2)19-22-15/h13H,4-9H2,1-3H3/t13-,16-/m0/s1. The number of oxazole rings is 1. The van der Waals surface area contributed by atoms with Crippen LogP contribution in [0, 0.1) is 26.7 Å². The monoisotopic (exact) mass is 302 g/mol. The summed E-state index contributed by atoms with van der Waals surface area (Å²) in [6.07, 6.45) is 3.64. The molecule has 0 bridgehead atoms. The molecule has 0 N–H and O–H groups in total. The highest BCUT2D eigenvalue weighted by Gasteiger charge is 2.54. The quantitative estimate of drug-likeness (QED) is 0.868. The van der Waals surface area contributed by atoms with Gasteiger partial charge in [0, 0.05) is 26.6 Å². The van der Waals surface area contributed by atoms with Gasteiger partial charge >= 0.3 is 0 Å². The zero-order valence-electron chi connectivity index (χ0n) is 13.4. The van der Waals surface area contributed by atoms with Crippen molar-refractivity contribution in [3.05, 3.63) is 29.1 Å². The number of rotatable bonds is 3. The number of hydrogen-bond donors (Lipinski definition) is 0. The van der Waals surface area contributed by atoms with Crippen LogP contribution in [0.2, 0.25) is 0 Å². The van der Waals surface area contributed by atoms with E-state index in [0.29, 0.717) is 5.92 Å². The Hall–Kier alpha value is -1.69. The Balaban J connectivity index is 1.58. The maximum Gasteiger partial charge on any atom is 0.234 e. The third kappa shape index (κ3) is 2.08. The summed E-state index contributed by atoms with van der Waals surface area (Å²) in [5, 5.41) is 4.01. The molecule has 1 saturated heterocycles. The van der Waals surface area contributed by atoms with Crippen molar-refractivity contribution in [2.45, 2.75) is 52.0 Å². The Morgan fingerprint density at radius 3 is 2.82 bits per heavy atom. The largest absolute Gasteiger partial charge is 0.446 e. The Labute approximate surface area is 129 Å². The highest BCUT2D eigenvalue weighted by Crippen LogP contribution is 2.50. The number of likely N-dealkylation sites (tertiary alicyclic amines) is 1. The minimum absolute atomic E-state index is 0.0495. The first-order chi connectivity index (χ1) is 10.6. The first-order valence-electron chi connectivity index (χ1n) is 8.03. The van der Waals surface area contributed by atoms with Crippen LogP contribution in [-0.2, 0) is 12.0 Å². The molecular weight excluding hydrogens is 280 g/mol. The SMILES string of the molecule is Cc1noc([C@]23CCC[C@H]2CN(Cc2nc(C)oc2C)C3)n1. The van der Waals surface area contributed by atoms with Crippen molar-refractivity contribution in [2.24, 2.45) is 5.92 Å². The van der Waals surface area contributed by atoms with Gasteiger partial charge in [0.1, 0.15) is 5.76 Å². The third-order valence-electron chi connectivity index (χ3n) is 5.27. The lowest BCUT2D eigenvalue weighted by molar-refractivity contribution is 0.243. The van der Waals surface area contributed by atoms with Gasteiger partial charge in [-0.3, -0.25) is 4.90 Å². The van der Waals surface area contributed by atoms with Crippen LogP contribution in [0.4, 0.5) is 0 Å². The van der Waals surface area contributed by atoms with E-state index in [4.69, 9.17) is 8.94 Å². The van der Waals surface area contributed by atoms with Gasteiger partial charge in [-0.25, -0.2) is 4.98 Å². The van der Waals surface area contributed by atoms with E-state index < -0.39 is 0 Å². The summed E-state index contributed by atoms with van der Waals surface area (Å²) >= 11 is 0. The van der Waals surface area contributed by atoms with Crippen molar-refractivity contribution in [1.82, 2.24) is 20.0 Å². The summed E-state index contributed by atoms with van der Waals surface area (Å²) in [5.74, 6) is 3.85. The first kappa shape index (κ1) is 13.9. The molecule has 6 nitrogen and oxygen atoms in total. The molecule has 3 heterocycles. The minimum atomic E-state index is 0.0495. The Kier molecular flexibility index (Phi) is 3.11. The Morgan fingerprint density at radius 1 is 1.27 bits per heavy atom. The van der Waals surface area contributed by atoms with Crippen LogP contribution in [-0.4, -0.2) is 33.1 Å². The number of aromatic nitrogens is 3. The van der Waals surface area contributed by atoms with Crippen LogP contribution in [0.15, 0.2) is 8.94 Å². The lowest BCUT2D eigenvalue weighted by Gasteiger charge is -2.24. The Bertz CT molecular complexity index is 692. The van der Waals surface area contributed by atoms with Gasteiger partial charge in [0.2, 0.25) is 5.89 Å². The summed E-state index contributed by atoms with van der Waals surface area (Å²) in [4.78, 5) is 11.5. The molecule has 2 aliphatic rings. The lowest BCUT2D eigenvalue weighted by Crippen LogP contribution is -2.32. The van der Waals surface area contributed by atoms with Crippen molar-refractivity contribution >= 4 is 0 Å². The molecule has 0 aromatic carbocycles. The van der Waals surface area contributed by atoms with Gasteiger partial charge in [-0.1, -0.05) is 11.6 Å². The van der Waals surface area contributed by atoms with E-state index in [-0.39, 0.29) is 5.41 Å². The maximum absolute atomic E-state index is 5.56. The average molecular weight is 302 g/mol. The smallest absolute Gasteiger partial charge is 0.234 e. The van der Waals surface area contributed by atoms with Crippen LogP contribution in [0.25, 0.3) is 0 Å². The highest BCUT2D eigenvalue weighted by molar-refractivity contribution is 5.18. The second-order valence-corrected chi connectivity index (χ2v) is 6.80.